The summed E-state index contributed by atoms with van der Waals surface area (Å²) in [5, 5.41) is 9.00. The van der Waals surface area contributed by atoms with Crippen LogP contribution in [0.1, 0.15) is 11.7 Å². The molecule has 1 aromatic heterocycles. The van der Waals surface area contributed by atoms with Gasteiger partial charge in [-0.1, -0.05) is 0 Å². The van der Waals surface area contributed by atoms with E-state index in [2.05, 4.69) is 31.9 Å². The third kappa shape index (κ3) is 2.25. The number of aliphatic hydroxyl groups is 1. The van der Waals surface area contributed by atoms with Crippen LogP contribution in [0.2, 0.25) is 0 Å². The number of alkyl halides is 2. The van der Waals surface area contributed by atoms with Crippen molar-refractivity contribution in [2.75, 3.05) is 0 Å². The summed E-state index contributed by atoms with van der Waals surface area (Å²) >= 11 is 7.47. The van der Waals surface area contributed by atoms with Crippen molar-refractivity contribution < 1.29 is 13.9 Å². The van der Waals surface area contributed by atoms with Crippen LogP contribution in [0.3, 0.4) is 0 Å². The van der Waals surface area contributed by atoms with Gasteiger partial charge in [-0.25, -0.2) is 8.78 Å². The first-order valence-electron chi connectivity index (χ1n) is 2.93. The van der Waals surface area contributed by atoms with Gasteiger partial charge in [0.2, 0.25) is 0 Å². The number of thiophene rings is 1. The smallest absolute Gasteiger partial charge is 0.268 e. The molecule has 1 aromatic rings. The Labute approximate surface area is 88.7 Å². The lowest BCUT2D eigenvalue weighted by Gasteiger charge is -2.06. The summed E-state index contributed by atoms with van der Waals surface area (Å²) in [7, 11) is 0. The van der Waals surface area contributed by atoms with Gasteiger partial charge in [0.15, 0.2) is 0 Å². The average molecular weight is 322 g/mol. The van der Waals surface area contributed by atoms with Gasteiger partial charge in [-0.3, -0.25) is 0 Å². The minimum Gasteiger partial charge on any atom is -0.382 e. The van der Waals surface area contributed by atoms with E-state index in [-0.39, 0.29) is 5.56 Å². The maximum absolute atomic E-state index is 12.0. The standard InChI is InChI=1S/C6H4Br2F2OS/c7-3-1-2(5(8)12-3)4(11)6(9)10/h1,4,6,11H. The van der Waals surface area contributed by atoms with E-state index in [1.807, 2.05) is 0 Å². The summed E-state index contributed by atoms with van der Waals surface area (Å²) in [6, 6.07) is 1.48. The molecule has 0 spiro atoms. The average Bonchev–Trinajstić information content (AvgIpc) is 2.28. The van der Waals surface area contributed by atoms with E-state index >= 15 is 0 Å². The first-order chi connectivity index (χ1) is 5.52. The number of rotatable bonds is 2. The van der Waals surface area contributed by atoms with E-state index in [9.17, 15) is 8.78 Å². The van der Waals surface area contributed by atoms with Gasteiger partial charge >= 0.3 is 0 Å². The second-order valence-corrected chi connectivity index (χ2v) is 5.81. The Hall–Kier alpha value is 0.480. The Morgan fingerprint density at radius 1 is 1.42 bits per heavy atom. The van der Waals surface area contributed by atoms with Gasteiger partial charge in [0.1, 0.15) is 6.10 Å². The monoisotopic (exact) mass is 320 g/mol. The lowest BCUT2D eigenvalue weighted by Crippen LogP contribution is -2.06. The molecule has 0 saturated heterocycles. The van der Waals surface area contributed by atoms with Gasteiger partial charge in [0.25, 0.3) is 6.43 Å². The topological polar surface area (TPSA) is 20.2 Å². The van der Waals surface area contributed by atoms with E-state index in [4.69, 9.17) is 5.11 Å². The highest BCUT2D eigenvalue weighted by molar-refractivity contribution is 9.12. The molecule has 0 fully saturated rings. The van der Waals surface area contributed by atoms with Crippen LogP contribution in [-0.2, 0) is 0 Å². The number of aliphatic hydroxyl groups excluding tert-OH is 1. The van der Waals surface area contributed by atoms with Crippen LogP contribution in [0.15, 0.2) is 13.6 Å². The molecular weight excluding hydrogens is 318 g/mol. The molecule has 1 heterocycles. The van der Waals surface area contributed by atoms with Gasteiger partial charge in [-0.2, -0.15) is 0 Å². The summed E-state index contributed by atoms with van der Waals surface area (Å²) in [6.45, 7) is 0. The molecule has 0 bridgehead atoms. The quantitative estimate of drug-likeness (QED) is 0.883. The summed E-state index contributed by atoms with van der Waals surface area (Å²) in [5.41, 5.74) is 0.224. The highest BCUT2D eigenvalue weighted by Gasteiger charge is 2.23. The molecule has 6 heteroatoms. The molecule has 1 N–H and O–H groups in total. The molecule has 12 heavy (non-hydrogen) atoms. The summed E-state index contributed by atoms with van der Waals surface area (Å²) in [5.74, 6) is 0. The van der Waals surface area contributed by atoms with Gasteiger partial charge in [-0.15, -0.1) is 11.3 Å². The van der Waals surface area contributed by atoms with Gasteiger partial charge in [0, 0.05) is 5.56 Å². The Morgan fingerprint density at radius 3 is 2.33 bits per heavy atom. The minimum atomic E-state index is -2.75. The Bertz CT molecular complexity index is 277. The Kier molecular flexibility index (Phi) is 3.63. The molecule has 1 unspecified atom stereocenters. The SMILES string of the molecule is OC(c1cc(Br)sc1Br)C(F)F. The van der Waals surface area contributed by atoms with Crippen LogP contribution >= 0.6 is 43.2 Å². The highest BCUT2D eigenvalue weighted by atomic mass is 79.9. The molecule has 1 nitrogen and oxygen atoms in total. The Balaban J connectivity index is 2.94. The van der Waals surface area contributed by atoms with Crippen molar-refractivity contribution in [3.8, 4) is 0 Å². The molecule has 0 aliphatic carbocycles. The fourth-order valence-corrected chi connectivity index (χ4v) is 3.60. The van der Waals surface area contributed by atoms with E-state index in [0.29, 0.717) is 7.57 Å². The first-order valence-corrected chi connectivity index (χ1v) is 5.33. The van der Waals surface area contributed by atoms with Crippen LogP contribution < -0.4 is 0 Å². The van der Waals surface area contributed by atoms with Crippen LogP contribution in [0, 0.1) is 0 Å². The van der Waals surface area contributed by atoms with E-state index in [1.54, 1.807) is 0 Å². The van der Waals surface area contributed by atoms with E-state index < -0.39 is 12.5 Å². The third-order valence-electron chi connectivity index (χ3n) is 1.24. The molecule has 0 saturated carbocycles. The zero-order valence-corrected chi connectivity index (χ0v) is 9.59. The van der Waals surface area contributed by atoms with Crippen molar-refractivity contribution in [2.24, 2.45) is 0 Å². The van der Waals surface area contributed by atoms with Gasteiger partial charge in [0.05, 0.1) is 7.57 Å². The predicted octanol–water partition coefficient (Wildman–Crippen LogP) is 3.57. The van der Waals surface area contributed by atoms with Crippen LogP contribution in [0.25, 0.3) is 0 Å². The van der Waals surface area contributed by atoms with Crippen molar-refractivity contribution in [3.63, 3.8) is 0 Å². The Morgan fingerprint density at radius 2 is 2.00 bits per heavy atom. The molecule has 0 aromatic carbocycles. The van der Waals surface area contributed by atoms with Crippen molar-refractivity contribution >= 4 is 43.2 Å². The molecule has 68 valence electrons. The molecule has 0 aliphatic rings. The van der Waals surface area contributed by atoms with E-state index in [0.717, 1.165) is 0 Å². The molecule has 0 amide bonds. The predicted molar refractivity (Wildman–Crippen MR) is 50.7 cm³/mol. The third-order valence-corrected chi connectivity index (χ3v) is 3.63. The largest absolute Gasteiger partial charge is 0.382 e. The van der Waals surface area contributed by atoms with E-state index in [1.165, 1.54) is 17.4 Å². The highest BCUT2D eigenvalue weighted by Crippen LogP contribution is 2.37. The van der Waals surface area contributed by atoms with Crippen molar-refractivity contribution in [3.05, 3.63) is 19.2 Å². The molecular formula is C6H4Br2F2OS. The first kappa shape index (κ1) is 10.6. The fraction of sp³-hybridized carbons (Fsp3) is 0.333. The number of halogens is 4. The fourth-order valence-electron chi connectivity index (χ4n) is 0.690. The van der Waals surface area contributed by atoms with Crippen molar-refractivity contribution in [2.45, 2.75) is 12.5 Å². The normalized spacial score (nSPS) is 13.8. The maximum Gasteiger partial charge on any atom is 0.268 e. The lowest BCUT2D eigenvalue weighted by atomic mass is 10.2. The lowest BCUT2D eigenvalue weighted by molar-refractivity contribution is -0.00591. The second-order valence-electron chi connectivity index (χ2n) is 2.06. The summed E-state index contributed by atoms with van der Waals surface area (Å²) < 4.78 is 25.3. The van der Waals surface area contributed by atoms with Crippen LogP contribution in [0.4, 0.5) is 8.78 Å². The van der Waals surface area contributed by atoms with Gasteiger partial charge < -0.3 is 5.11 Å². The number of hydrogen-bond acceptors (Lipinski definition) is 2. The van der Waals surface area contributed by atoms with Crippen LogP contribution in [-0.4, -0.2) is 11.5 Å². The van der Waals surface area contributed by atoms with Crippen molar-refractivity contribution in [1.82, 2.24) is 0 Å². The second kappa shape index (κ2) is 4.13. The minimum absolute atomic E-state index is 0.224. The maximum atomic E-state index is 12.0. The molecule has 0 aliphatic heterocycles. The number of hydrogen-bond donors (Lipinski definition) is 1. The van der Waals surface area contributed by atoms with Gasteiger partial charge in [-0.05, 0) is 37.9 Å². The molecule has 1 atom stereocenters. The molecule has 0 radical (unpaired) electrons. The van der Waals surface area contributed by atoms with Crippen molar-refractivity contribution in [1.29, 1.82) is 0 Å². The molecule has 1 rings (SSSR count). The summed E-state index contributed by atoms with van der Waals surface area (Å²) in [6.07, 6.45) is -4.45. The summed E-state index contributed by atoms with van der Waals surface area (Å²) in [4.78, 5) is 0. The van der Waals surface area contributed by atoms with Crippen LogP contribution in [0.5, 0.6) is 0 Å². The zero-order chi connectivity index (χ0) is 9.30. The zero-order valence-electron chi connectivity index (χ0n) is 5.60.